The molecule has 2 heteroatoms. The van der Waals surface area contributed by atoms with E-state index in [0.717, 1.165) is 0 Å². The third kappa shape index (κ3) is 2.64. The first-order valence-corrected chi connectivity index (χ1v) is 8.69. The highest BCUT2D eigenvalue weighted by molar-refractivity contribution is 5.81. The fourth-order valence-electron chi connectivity index (χ4n) is 3.65. The lowest BCUT2D eigenvalue weighted by molar-refractivity contribution is -0.601. The van der Waals surface area contributed by atoms with E-state index in [-0.39, 0.29) is 0 Å². The molecule has 0 fully saturated rings. The number of pyridine rings is 1. The molecule has 4 aromatic rings. The van der Waals surface area contributed by atoms with E-state index in [4.69, 9.17) is 0 Å². The number of rotatable bonds is 2. The first kappa shape index (κ1) is 15.6. The van der Waals surface area contributed by atoms with E-state index in [9.17, 15) is 0 Å². The van der Waals surface area contributed by atoms with Crippen LogP contribution in [0, 0.1) is 20.8 Å². The molecule has 4 rings (SSSR count). The lowest BCUT2D eigenvalue weighted by atomic mass is 9.99. The van der Waals surface area contributed by atoms with E-state index in [1.54, 1.807) is 0 Å². The van der Waals surface area contributed by atoms with Crippen LogP contribution in [0.15, 0.2) is 67.0 Å². The molecule has 2 aromatic carbocycles. The van der Waals surface area contributed by atoms with Gasteiger partial charge in [-0.2, -0.15) is 4.57 Å². The van der Waals surface area contributed by atoms with E-state index in [0.29, 0.717) is 0 Å². The van der Waals surface area contributed by atoms with E-state index < -0.39 is 0 Å². The molecular formula is C23H23N2+. The molecule has 0 N–H and O–H groups in total. The number of aryl methyl sites for hydroxylation is 3. The lowest BCUT2D eigenvalue weighted by Gasteiger charge is -2.12. The lowest BCUT2D eigenvalue weighted by Crippen LogP contribution is -2.35. The van der Waals surface area contributed by atoms with Gasteiger partial charge >= 0.3 is 0 Å². The topological polar surface area (TPSA) is 8.81 Å². The second kappa shape index (κ2) is 5.89. The Morgan fingerprint density at radius 1 is 0.840 bits per heavy atom. The number of hydrogen-bond donors (Lipinski definition) is 0. The summed E-state index contributed by atoms with van der Waals surface area (Å²) in [5, 5.41) is 2.54. The highest BCUT2D eigenvalue weighted by Gasteiger charge is 2.19. The summed E-state index contributed by atoms with van der Waals surface area (Å²) in [6, 6.07) is 19.7. The van der Waals surface area contributed by atoms with E-state index in [2.05, 4.69) is 104 Å². The average Bonchev–Trinajstić information content (AvgIpc) is 3.02. The predicted octanol–water partition coefficient (Wildman–Crippen LogP) is 5.05. The molecule has 0 saturated heterocycles. The SMILES string of the molecule is Cc1cc(-c2cccn2C)c(C)c(-[n+]2cc3ccccc3cc2C)c1. The fraction of sp³-hybridized carbons (Fsp3) is 0.174. The maximum absolute atomic E-state index is 2.32. The van der Waals surface area contributed by atoms with Gasteiger partial charge in [0.2, 0.25) is 5.69 Å². The first-order chi connectivity index (χ1) is 12.0. The zero-order chi connectivity index (χ0) is 17.6. The molecule has 0 aliphatic carbocycles. The van der Waals surface area contributed by atoms with E-state index in [1.165, 1.54) is 44.5 Å². The van der Waals surface area contributed by atoms with E-state index in [1.807, 2.05) is 0 Å². The summed E-state index contributed by atoms with van der Waals surface area (Å²) >= 11 is 0. The van der Waals surface area contributed by atoms with Crippen LogP contribution in [-0.4, -0.2) is 4.57 Å². The maximum Gasteiger partial charge on any atom is 0.214 e. The average molecular weight is 327 g/mol. The fourth-order valence-corrected chi connectivity index (χ4v) is 3.65. The van der Waals surface area contributed by atoms with Crippen LogP contribution in [0.2, 0.25) is 0 Å². The predicted molar refractivity (Wildman–Crippen MR) is 104 cm³/mol. The molecule has 0 saturated carbocycles. The molecule has 25 heavy (non-hydrogen) atoms. The van der Waals surface area contributed by atoms with Gasteiger partial charge in [0.1, 0.15) is 0 Å². The third-order valence-electron chi connectivity index (χ3n) is 5.01. The molecule has 124 valence electrons. The van der Waals surface area contributed by atoms with Gasteiger partial charge in [0.05, 0.1) is 0 Å². The highest BCUT2D eigenvalue weighted by Crippen LogP contribution is 2.28. The molecule has 0 atom stereocenters. The zero-order valence-electron chi connectivity index (χ0n) is 15.2. The number of nitrogens with zero attached hydrogens (tertiary/aromatic N) is 2. The number of fused-ring (bicyclic) bond motifs is 1. The van der Waals surface area contributed by atoms with Crippen molar-refractivity contribution in [3.05, 3.63) is 83.8 Å². The van der Waals surface area contributed by atoms with Gasteiger partial charge in [0.25, 0.3) is 0 Å². The van der Waals surface area contributed by atoms with Crippen LogP contribution in [0.25, 0.3) is 27.7 Å². The summed E-state index contributed by atoms with van der Waals surface area (Å²) in [6.07, 6.45) is 4.35. The zero-order valence-corrected chi connectivity index (χ0v) is 15.2. The molecule has 2 nitrogen and oxygen atoms in total. The van der Waals surface area contributed by atoms with Crippen LogP contribution in [0.3, 0.4) is 0 Å². The van der Waals surface area contributed by atoms with Crippen LogP contribution in [0.4, 0.5) is 0 Å². The van der Waals surface area contributed by atoms with Gasteiger partial charge in [-0.1, -0.05) is 18.2 Å². The third-order valence-corrected chi connectivity index (χ3v) is 5.01. The van der Waals surface area contributed by atoms with Gasteiger partial charge in [-0.05, 0) is 49.1 Å². The minimum absolute atomic E-state index is 1.24. The van der Waals surface area contributed by atoms with Crippen molar-refractivity contribution in [2.24, 2.45) is 7.05 Å². The Kier molecular flexibility index (Phi) is 3.69. The molecule has 2 aromatic heterocycles. The maximum atomic E-state index is 2.32. The van der Waals surface area contributed by atoms with Gasteiger partial charge in [0, 0.05) is 54.5 Å². The van der Waals surface area contributed by atoms with Crippen molar-refractivity contribution in [1.82, 2.24) is 4.57 Å². The Morgan fingerprint density at radius 3 is 2.32 bits per heavy atom. The van der Waals surface area contributed by atoms with Crippen molar-refractivity contribution >= 4 is 10.8 Å². The van der Waals surface area contributed by atoms with Crippen molar-refractivity contribution in [1.29, 1.82) is 0 Å². The molecule has 0 amide bonds. The van der Waals surface area contributed by atoms with Crippen LogP contribution < -0.4 is 4.57 Å². The van der Waals surface area contributed by atoms with Gasteiger partial charge in [-0.15, -0.1) is 0 Å². The quantitative estimate of drug-likeness (QED) is 0.456. The summed E-state index contributed by atoms with van der Waals surface area (Å²) < 4.78 is 4.50. The highest BCUT2D eigenvalue weighted by atomic mass is 15.0. The summed E-state index contributed by atoms with van der Waals surface area (Å²) in [6.45, 7) is 6.57. The Hall–Kier alpha value is -2.87. The van der Waals surface area contributed by atoms with Crippen molar-refractivity contribution < 1.29 is 4.57 Å². The Morgan fingerprint density at radius 2 is 1.60 bits per heavy atom. The second-order valence-electron chi connectivity index (χ2n) is 6.87. The van der Waals surface area contributed by atoms with Crippen molar-refractivity contribution in [3.8, 4) is 16.9 Å². The molecule has 0 unspecified atom stereocenters. The molecule has 2 heterocycles. The largest absolute Gasteiger partial charge is 0.351 e. The number of benzene rings is 2. The smallest absolute Gasteiger partial charge is 0.214 e. The van der Waals surface area contributed by atoms with Crippen LogP contribution in [0.1, 0.15) is 16.8 Å². The van der Waals surface area contributed by atoms with Gasteiger partial charge in [-0.25, -0.2) is 0 Å². The Balaban J connectivity index is 1.99. The summed E-state index contributed by atoms with van der Waals surface area (Å²) in [5.74, 6) is 0. The minimum atomic E-state index is 1.24. The van der Waals surface area contributed by atoms with Crippen LogP contribution in [0.5, 0.6) is 0 Å². The van der Waals surface area contributed by atoms with Crippen molar-refractivity contribution in [2.45, 2.75) is 20.8 Å². The van der Waals surface area contributed by atoms with Gasteiger partial charge in [0.15, 0.2) is 11.9 Å². The molecule has 0 bridgehead atoms. The number of hydrogen-bond acceptors (Lipinski definition) is 0. The standard InChI is InChI=1S/C23H23N2/c1-16-12-21(22-10-7-11-24(22)4)18(3)23(13-16)25-15-20-9-6-5-8-19(20)14-17(25)2/h5-15H,1-4H3/q+1. The number of aromatic nitrogens is 2. The normalized spacial score (nSPS) is 11.2. The Bertz CT molecular complexity index is 1090. The minimum Gasteiger partial charge on any atom is -0.351 e. The first-order valence-electron chi connectivity index (χ1n) is 8.69. The summed E-state index contributed by atoms with van der Waals surface area (Å²) in [5.41, 5.74) is 7.61. The van der Waals surface area contributed by atoms with Gasteiger partial charge in [-0.3, -0.25) is 0 Å². The van der Waals surface area contributed by atoms with Crippen molar-refractivity contribution in [2.75, 3.05) is 0 Å². The summed E-state index contributed by atoms with van der Waals surface area (Å²) in [4.78, 5) is 0. The van der Waals surface area contributed by atoms with E-state index >= 15 is 0 Å². The monoisotopic (exact) mass is 327 g/mol. The molecular weight excluding hydrogens is 304 g/mol. The molecule has 0 aliphatic rings. The Labute approximate surface area is 149 Å². The molecule has 0 spiro atoms. The molecule has 0 radical (unpaired) electrons. The van der Waals surface area contributed by atoms with Gasteiger partial charge < -0.3 is 4.57 Å². The van der Waals surface area contributed by atoms with Crippen LogP contribution in [-0.2, 0) is 7.05 Å². The summed E-state index contributed by atoms with van der Waals surface area (Å²) in [7, 11) is 2.10. The molecule has 0 aliphatic heterocycles. The second-order valence-corrected chi connectivity index (χ2v) is 6.87. The van der Waals surface area contributed by atoms with Crippen molar-refractivity contribution in [3.63, 3.8) is 0 Å². The van der Waals surface area contributed by atoms with Crippen LogP contribution >= 0.6 is 0 Å².